The molecule has 0 saturated heterocycles. The van der Waals surface area contributed by atoms with Gasteiger partial charge in [0.25, 0.3) is 11.6 Å². The summed E-state index contributed by atoms with van der Waals surface area (Å²) in [5, 5.41) is 13.3. The smallest absolute Gasteiger partial charge is 0.316 e. The monoisotopic (exact) mass is 388 g/mol. The van der Waals surface area contributed by atoms with Crippen molar-refractivity contribution in [2.24, 2.45) is 0 Å². The van der Waals surface area contributed by atoms with Crippen molar-refractivity contribution < 1.29 is 19.2 Å². The lowest BCUT2D eigenvalue weighted by atomic mass is 10.0. The fourth-order valence-corrected chi connectivity index (χ4v) is 2.91. The zero-order chi connectivity index (χ0) is 19.6. The number of nitro benzene ring substituents is 1. The van der Waals surface area contributed by atoms with Crippen LogP contribution in [0, 0.1) is 10.1 Å². The number of carbonyl (C=O) groups excluding carboxylic acids is 2. The van der Waals surface area contributed by atoms with Gasteiger partial charge in [0.2, 0.25) is 0 Å². The zero-order valence-corrected chi connectivity index (χ0v) is 15.6. The summed E-state index contributed by atoms with van der Waals surface area (Å²) in [7, 11) is 0. The number of esters is 1. The van der Waals surface area contributed by atoms with Gasteiger partial charge in [0.05, 0.1) is 10.7 Å². The fourth-order valence-electron chi connectivity index (χ4n) is 2.21. The van der Waals surface area contributed by atoms with Gasteiger partial charge in [-0.05, 0) is 23.6 Å². The van der Waals surface area contributed by atoms with E-state index in [0.29, 0.717) is 11.4 Å². The Bertz CT molecular complexity index is 780. The van der Waals surface area contributed by atoms with Gasteiger partial charge >= 0.3 is 5.97 Å². The van der Waals surface area contributed by atoms with Crippen LogP contribution in [0.25, 0.3) is 0 Å². The fraction of sp³-hybridized carbons (Fsp3) is 0.263. The number of non-ortho nitro benzene ring substituents is 1. The van der Waals surface area contributed by atoms with Gasteiger partial charge in [-0.2, -0.15) is 0 Å². The lowest BCUT2D eigenvalue weighted by Gasteiger charge is -2.13. The molecule has 0 radical (unpaired) electrons. The summed E-state index contributed by atoms with van der Waals surface area (Å²) in [5.41, 5.74) is 1.11. The van der Waals surface area contributed by atoms with Crippen molar-refractivity contribution in [3.63, 3.8) is 0 Å². The third-order valence-corrected chi connectivity index (χ3v) is 4.73. The van der Waals surface area contributed by atoms with E-state index in [-0.39, 0.29) is 29.9 Å². The van der Waals surface area contributed by atoms with Crippen LogP contribution >= 0.6 is 11.8 Å². The molecule has 1 atom stereocenters. The molecule has 2 rings (SSSR count). The first-order chi connectivity index (χ1) is 13.0. The highest BCUT2D eigenvalue weighted by Gasteiger charge is 2.11. The molecule has 1 N–H and O–H groups in total. The van der Waals surface area contributed by atoms with E-state index >= 15 is 0 Å². The van der Waals surface area contributed by atoms with Crippen LogP contribution < -0.4 is 5.32 Å². The van der Waals surface area contributed by atoms with E-state index in [0.717, 1.165) is 5.56 Å². The Labute approximate surface area is 161 Å². The minimum atomic E-state index is -0.524. The topological polar surface area (TPSA) is 98.5 Å². The number of amides is 1. The Hall–Kier alpha value is -2.87. The molecule has 0 bridgehead atoms. The van der Waals surface area contributed by atoms with E-state index < -0.39 is 10.9 Å². The molecule has 1 amide bonds. The lowest BCUT2D eigenvalue weighted by molar-refractivity contribution is -0.384. The average Bonchev–Trinajstić information content (AvgIpc) is 2.69. The predicted octanol–water partition coefficient (Wildman–Crippen LogP) is 3.15. The van der Waals surface area contributed by atoms with Crippen molar-refractivity contribution in [3.8, 4) is 0 Å². The zero-order valence-electron chi connectivity index (χ0n) is 14.8. The number of ether oxygens (including phenoxy) is 1. The Kier molecular flexibility index (Phi) is 7.81. The minimum absolute atomic E-state index is 0.0108. The number of thioether (sulfide) groups is 1. The van der Waals surface area contributed by atoms with Crippen molar-refractivity contribution in [1.82, 2.24) is 5.32 Å². The Morgan fingerprint density at radius 3 is 2.44 bits per heavy atom. The van der Waals surface area contributed by atoms with Crippen molar-refractivity contribution in [1.29, 1.82) is 0 Å². The number of hydrogen-bond acceptors (Lipinski definition) is 6. The third-order valence-electron chi connectivity index (χ3n) is 3.74. The number of benzene rings is 2. The van der Waals surface area contributed by atoms with Gasteiger partial charge in [0, 0.05) is 23.6 Å². The van der Waals surface area contributed by atoms with Gasteiger partial charge in [0.1, 0.15) is 0 Å². The highest BCUT2D eigenvalue weighted by molar-refractivity contribution is 8.00. The van der Waals surface area contributed by atoms with E-state index in [4.69, 9.17) is 4.74 Å². The summed E-state index contributed by atoms with van der Waals surface area (Å²) in [6, 6.07) is 15.7. The Morgan fingerprint density at radius 2 is 1.81 bits per heavy atom. The number of nitro groups is 1. The summed E-state index contributed by atoms with van der Waals surface area (Å²) in [4.78, 5) is 34.3. The summed E-state index contributed by atoms with van der Waals surface area (Å²) in [6.45, 7) is 2.13. The number of nitrogens with zero attached hydrogens (tertiary/aromatic N) is 1. The normalized spacial score (nSPS) is 11.4. The molecule has 142 valence electrons. The first kappa shape index (κ1) is 20.4. The highest BCUT2D eigenvalue weighted by atomic mass is 32.2. The summed E-state index contributed by atoms with van der Waals surface area (Å²) < 4.78 is 4.95. The second kappa shape index (κ2) is 10.3. The molecule has 0 saturated carbocycles. The van der Waals surface area contributed by atoms with Gasteiger partial charge in [-0.15, -0.1) is 11.8 Å². The van der Waals surface area contributed by atoms with Crippen LogP contribution in [0.2, 0.25) is 0 Å². The largest absolute Gasteiger partial charge is 0.455 e. The van der Waals surface area contributed by atoms with Crippen LogP contribution in [0.5, 0.6) is 0 Å². The third kappa shape index (κ3) is 7.10. The molecule has 0 aliphatic carbocycles. The SMILES string of the molecule is C[C@H](CNC(=O)COC(=O)CSc1ccc([N+](=O)[O-])cc1)c1ccccc1. The first-order valence-electron chi connectivity index (χ1n) is 8.30. The molecule has 0 aliphatic rings. The van der Waals surface area contributed by atoms with Crippen molar-refractivity contribution in [2.75, 3.05) is 18.9 Å². The van der Waals surface area contributed by atoms with E-state index in [1.54, 1.807) is 12.1 Å². The van der Waals surface area contributed by atoms with Gasteiger partial charge in [0.15, 0.2) is 6.61 Å². The summed E-state index contributed by atoms with van der Waals surface area (Å²) >= 11 is 1.19. The average molecular weight is 388 g/mol. The molecule has 0 aliphatic heterocycles. The maximum Gasteiger partial charge on any atom is 0.316 e. The quantitative estimate of drug-likeness (QED) is 0.307. The number of hydrogen-bond donors (Lipinski definition) is 1. The summed E-state index contributed by atoms with van der Waals surface area (Å²) in [6.07, 6.45) is 0. The molecular formula is C19H20N2O5S. The van der Waals surface area contributed by atoms with Crippen molar-refractivity contribution >= 4 is 29.3 Å². The number of carbonyl (C=O) groups is 2. The molecule has 0 spiro atoms. The van der Waals surface area contributed by atoms with E-state index in [2.05, 4.69) is 5.32 Å². The molecular weight excluding hydrogens is 368 g/mol. The molecule has 2 aromatic rings. The first-order valence-corrected chi connectivity index (χ1v) is 9.29. The van der Waals surface area contributed by atoms with Gasteiger partial charge in [-0.1, -0.05) is 37.3 Å². The molecule has 0 unspecified atom stereocenters. The minimum Gasteiger partial charge on any atom is -0.455 e. The number of rotatable bonds is 9. The predicted molar refractivity (Wildman–Crippen MR) is 103 cm³/mol. The van der Waals surface area contributed by atoms with Gasteiger partial charge in [-0.3, -0.25) is 19.7 Å². The van der Waals surface area contributed by atoms with Crippen LogP contribution in [-0.2, 0) is 14.3 Å². The van der Waals surface area contributed by atoms with Crippen molar-refractivity contribution in [3.05, 3.63) is 70.3 Å². The van der Waals surface area contributed by atoms with Crippen LogP contribution in [0.15, 0.2) is 59.5 Å². The molecule has 0 fully saturated rings. The second-order valence-electron chi connectivity index (χ2n) is 5.82. The molecule has 0 aromatic heterocycles. The number of nitrogens with one attached hydrogen (secondary N) is 1. The van der Waals surface area contributed by atoms with Crippen LogP contribution in [0.4, 0.5) is 5.69 Å². The van der Waals surface area contributed by atoms with E-state index in [9.17, 15) is 19.7 Å². The molecule has 2 aromatic carbocycles. The summed E-state index contributed by atoms with van der Waals surface area (Å²) in [5.74, 6) is -0.703. The molecule has 7 nitrogen and oxygen atoms in total. The lowest BCUT2D eigenvalue weighted by Crippen LogP contribution is -2.31. The van der Waals surface area contributed by atoms with Gasteiger partial charge in [-0.25, -0.2) is 0 Å². The maximum atomic E-state index is 11.8. The van der Waals surface area contributed by atoms with Gasteiger partial charge < -0.3 is 10.1 Å². The molecule has 8 heteroatoms. The van der Waals surface area contributed by atoms with E-state index in [1.165, 1.54) is 23.9 Å². The second-order valence-corrected chi connectivity index (χ2v) is 6.86. The maximum absolute atomic E-state index is 11.8. The van der Waals surface area contributed by atoms with Crippen LogP contribution in [-0.4, -0.2) is 35.7 Å². The molecule has 0 heterocycles. The Balaban J connectivity index is 1.66. The highest BCUT2D eigenvalue weighted by Crippen LogP contribution is 2.21. The Morgan fingerprint density at radius 1 is 1.15 bits per heavy atom. The molecule has 27 heavy (non-hydrogen) atoms. The standard InChI is InChI=1S/C19H20N2O5S/c1-14(15-5-3-2-4-6-15)11-20-18(22)12-26-19(23)13-27-17-9-7-16(8-10-17)21(24)25/h2-10,14H,11-13H2,1H3,(H,20,22)/t14-/m1/s1. The van der Waals surface area contributed by atoms with Crippen LogP contribution in [0.1, 0.15) is 18.4 Å². The van der Waals surface area contributed by atoms with Crippen LogP contribution in [0.3, 0.4) is 0 Å². The van der Waals surface area contributed by atoms with E-state index in [1.807, 2.05) is 37.3 Å². The van der Waals surface area contributed by atoms with Crippen molar-refractivity contribution in [2.45, 2.75) is 17.7 Å².